The molecule has 9 aliphatic rings. The van der Waals surface area contributed by atoms with Crippen LogP contribution in [0.1, 0.15) is 146 Å². The lowest BCUT2D eigenvalue weighted by Crippen LogP contribution is -2.33. The number of nitrogens with zero attached hydrogens (tertiary/aromatic N) is 4. The standard InChI is InChI=1S/C20H23NO5S.C15H19NO4.C13H17NO3.C13H15NO3.2C4H8O/c1-15-4-8-18(9-5-15)27(22,23)26-14-16-6-7-17-3-2-10-21-19(17)20(13-16)24-11-12-25-20;1-2-18-14(17)12-6-5-11-4-3-7-16-13(11)15(10-12)19-8-9-20-15;15-9-10-3-4-11-2-1-5-14-12(11)13(8-10)16-6-7-17-13;1-2-17-13(16)10-6-5-9-4-3-7-14-12(9)11(15)8-10;2*1-2-4-5-3-1/h2-5,8-10,16H,6-7,11-14H2,1H3;3-4,7,12H,2,5-6,8-10H2,1H3;1-2,5,10,15H,3-4,6-9H2;3-4,7,10H,2,5-6,8H2,1H3;2*1-4H2. The first-order valence-corrected chi connectivity index (χ1v) is 33.9. The first-order valence-electron chi connectivity index (χ1n) is 32.5. The van der Waals surface area contributed by atoms with Gasteiger partial charge in [-0.15, -0.1) is 0 Å². The summed E-state index contributed by atoms with van der Waals surface area (Å²) in [5.41, 5.74) is 8.36. The van der Waals surface area contributed by atoms with E-state index in [0.29, 0.717) is 90.7 Å². The molecule has 5 aliphatic heterocycles. The Hall–Kier alpha value is -6.02. The summed E-state index contributed by atoms with van der Waals surface area (Å²) in [6.07, 6.45) is 20.3. The summed E-state index contributed by atoms with van der Waals surface area (Å²) in [7, 11) is -3.79. The summed E-state index contributed by atoms with van der Waals surface area (Å²) < 4.78 is 85.7. The fourth-order valence-electron chi connectivity index (χ4n) is 12.7. The minimum absolute atomic E-state index is 0.0162. The number of Topliss-reactive ketones (excluding diaryl/α,β-unsaturated/α-hetero) is 1. The van der Waals surface area contributed by atoms with E-state index in [1.54, 1.807) is 56.0 Å². The fraction of sp³-hybridized carbons (Fsp3) is 0.580. The van der Waals surface area contributed by atoms with Crippen LogP contribution < -0.4 is 0 Å². The Morgan fingerprint density at radius 3 is 1.40 bits per heavy atom. The molecular weight excluding hydrogens is 1190 g/mol. The third-order valence-corrected chi connectivity index (χ3v) is 18.6. The van der Waals surface area contributed by atoms with Gasteiger partial charge in [0.05, 0.1) is 76.2 Å². The van der Waals surface area contributed by atoms with Gasteiger partial charge in [0.2, 0.25) is 17.4 Å². The molecular formula is C69H90N4O17S. The monoisotopic (exact) mass is 1280 g/mol. The van der Waals surface area contributed by atoms with Gasteiger partial charge in [-0.2, -0.15) is 8.42 Å². The average Bonchev–Trinajstić information content (AvgIpc) is 1.91. The number of carbonyl (C=O) groups excluding carboxylic acids is 3. The number of pyridine rings is 4. The van der Waals surface area contributed by atoms with Gasteiger partial charge in [0.15, 0.2) is 5.78 Å². The van der Waals surface area contributed by atoms with E-state index in [-0.39, 0.29) is 65.9 Å². The van der Waals surface area contributed by atoms with Crippen LogP contribution in [0.4, 0.5) is 0 Å². The number of hydrogen-bond donors (Lipinski definition) is 1. The molecule has 1 N–H and O–H groups in total. The van der Waals surface area contributed by atoms with Crippen molar-refractivity contribution in [3.63, 3.8) is 0 Å². The summed E-state index contributed by atoms with van der Waals surface area (Å²) >= 11 is 0. The number of benzene rings is 1. The van der Waals surface area contributed by atoms with Gasteiger partial charge in [-0.3, -0.25) is 38.5 Å². The number of hydrogen-bond acceptors (Lipinski definition) is 21. The van der Waals surface area contributed by atoms with Crippen molar-refractivity contribution in [1.29, 1.82) is 0 Å². The second-order valence-corrected chi connectivity index (χ2v) is 25.4. The van der Waals surface area contributed by atoms with Gasteiger partial charge < -0.3 is 52.5 Å². The number of rotatable bonds is 9. The van der Waals surface area contributed by atoms with Crippen molar-refractivity contribution in [1.82, 2.24) is 19.9 Å². The van der Waals surface area contributed by atoms with Crippen LogP contribution in [-0.2, 0) is 114 Å². The predicted octanol–water partition coefficient (Wildman–Crippen LogP) is 9.34. The first kappa shape index (κ1) is 69.3. The topological polar surface area (TPSA) is 259 Å². The Morgan fingerprint density at radius 1 is 0.527 bits per heavy atom. The molecule has 14 rings (SSSR count). The molecule has 4 atom stereocenters. The minimum Gasteiger partial charge on any atom is -0.466 e. The maximum absolute atomic E-state index is 12.5. The largest absolute Gasteiger partial charge is 0.466 e. The van der Waals surface area contributed by atoms with Gasteiger partial charge in [0.25, 0.3) is 10.1 Å². The van der Waals surface area contributed by atoms with E-state index in [1.807, 2.05) is 56.3 Å². The van der Waals surface area contributed by atoms with Crippen molar-refractivity contribution in [3.05, 3.63) is 148 Å². The smallest absolute Gasteiger partial charge is 0.309 e. The zero-order valence-electron chi connectivity index (χ0n) is 52.9. The maximum Gasteiger partial charge on any atom is 0.309 e. The van der Waals surface area contributed by atoms with E-state index in [1.165, 1.54) is 31.2 Å². The highest BCUT2D eigenvalue weighted by atomic mass is 32.2. The molecule has 494 valence electrons. The van der Waals surface area contributed by atoms with Crippen LogP contribution in [0.15, 0.2) is 102 Å². The Morgan fingerprint density at radius 2 is 0.934 bits per heavy atom. The van der Waals surface area contributed by atoms with Crippen LogP contribution in [0.5, 0.6) is 0 Å². The van der Waals surface area contributed by atoms with Crippen molar-refractivity contribution in [2.24, 2.45) is 23.7 Å². The minimum atomic E-state index is -3.79. The van der Waals surface area contributed by atoms with Crippen LogP contribution in [0, 0.1) is 30.6 Å². The summed E-state index contributed by atoms with van der Waals surface area (Å²) in [5.74, 6) is -3.29. The van der Waals surface area contributed by atoms with E-state index < -0.39 is 27.5 Å². The molecule has 0 amide bonds. The molecule has 0 saturated carbocycles. The van der Waals surface area contributed by atoms with Gasteiger partial charge in [0, 0.05) is 83.5 Å². The lowest BCUT2D eigenvalue weighted by molar-refractivity contribution is -0.188. The predicted molar refractivity (Wildman–Crippen MR) is 333 cm³/mol. The SMILES string of the molecule is C1CCOC1.C1CCOC1.CCOC(=O)C1CCc2cccnc2C(=O)C1.CCOC(=O)C1CCc2cccnc2C2(C1)OCCO2.Cc1ccc(S(=O)(=O)OCC2CCc3cccnc3C3(C2)OCCO3)cc1.OCC1CCc2cccnc2C2(C1)OCCO2. The third kappa shape index (κ3) is 18.6. The normalized spacial score (nSPS) is 23.0. The van der Waals surface area contributed by atoms with E-state index in [2.05, 4.69) is 26.0 Å². The lowest BCUT2D eigenvalue weighted by atomic mass is 9.96. The van der Waals surface area contributed by atoms with Gasteiger partial charge in [-0.1, -0.05) is 42.0 Å². The van der Waals surface area contributed by atoms with E-state index in [0.717, 1.165) is 104 Å². The Bertz CT molecular complexity index is 3190. The zero-order chi connectivity index (χ0) is 63.9. The first-order chi connectivity index (χ1) is 44.3. The van der Waals surface area contributed by atoms with Crippen molar-refractivity contribution in [3.8, 4) is 0 Å². The Labute approximate surface area is 535 Å². The number of ketones is 1. The lowest BCUT2D eigenvalue weighted by Gasteiger charge is -2.29. The number of fused-ring (bicyclic) bond motifs is 7. The molecule has 0 radical (unpaired) electrons. The summed E-state index contributed by atoms with van der Waals surface area (Å²) in [6, 6.07) is 22.3. The summed E-state index contributed by atoms with van der Waals surface area (Å²) in [5, 5.41) is 9.41. The van der Waals surface area contributed by atoms with E-state index in [9.17, 15) is 27.9 Å². The maximum atomic E-state index is 12.5. The average molecular weight is 1280 g/mol. The molecule has 4 aliphatic carbocycles. The molecule has 5 aromatic rings. The summed E-state index contributed by atoms with van der Waals surface area (Å²) in [4.78, 5) is 53.4. The number of ether oxygens (including phenoxy) is 10. The quantitative estimate of drug-likeness (QED) is 0.0818. The van der Waals surface area contributed by atoms with Crippen molar-refractivity contribution < 1.29 is 79.5 Å². The van der Waals surface area contributed by atoms with Gasteiger partial charge in [-0.25, -0.2) is 0 Å². The summed E-state index contributed by atoms with van der Waals surface area (Å²) in [6.45, 7) is 13.8. The second kappa shape index (κ2) is 34.2. The van der Waals surface area contributed by atoms with Gasteiger partial charge in [-0.05, 0) is 168 Å². The zero-order valence-corrected chi connectivity index (χ0v) is 53.8. The highest BCUT2D eigenvalue weighted by molar-refractivity contribution is 7.86. The van der Waals surface area contributed by atoms with Crippen LogP contribution in [0.2, 0.25) is 0 Å². The number of esters is 2. The van der Waals surface area contributed by atoms with Crippen LogP contribution in [0.25, 0.3) is 0 Å². The van der Waals surface area contributed by atoms with Gasteiger partial charge >= 0.3 is 11.9 Å². The number of aliphatic hydroxyl groups is 1. The van der Waals surface area contributed by atoms with Crippen molar-refractivity contribution in [2.75, 3.05) is 92.5 Å². The van der Waals surface area contributed by atoms with Crippen molar-refractivity contribution in [2.45, 2.75) is 146 Å². The van der Waals surface area contributed by atoms with E-state index >= 15 is 0 Å². The van der Waals surface area contributed by atoms with Crippen LogP contribution in [0.3, 0.4) is 0 Å². The molecule has 0 bridgehead atoms. The van der Waals surface area contributed by atoms with Gasteiger partial charge in [0.1, 0.15) is 22.8 Å². The highest BCUT2D eigenvalue weighted by Gasteiger charge is 2.48. The highest BCUT2D eigenvalue weighted by Crippen LogP contribution is 2.45. The molecule has 5 fully saturated rings. The number of aryl methyl sites for hydroxylation is 5. The molecule has 4 aromatic heterocycles. The molecule has 22 heteroatoms. The number of aromatic nitrogens is 4. The number of carbonyl (C=O) groups is 3. The van der Waals surface area contributed by atoms with Crippen molar-refractivity contribution >= 4 is 27.8 Å². The fourth-order valence-corrected chi connectivity index (χ4v) is 13.6. The Kier molecular flexibility index (Phi) is 26.1. The molecule has 9 heterocycles. The molecule has 91 heavy (non-hydrogen) atoms. The Balaban J connectivity index is 0.000000138. The molecule has 5 saturated heterocycles. The molecule has 4 unspecified atom stereocenters. The molecule has 3 spiro atoms. The van der Waals surface area contributed by atoms with Crippen LogP contribution in [-0.4, -0.2) is 144 Å². The number of aliphatic hydroxyl groups excluding tert-OH is 1. The molecule has 21 nitrogen and oxygen atoms in total. The van der Waals surface area contributed by atoms with Crippen LogP contribution >= 0.6 is 0 Å². The second-order valence-electron chi connectivity index (χ2n) is 23.8. The van der Waals surface area contributed by atoms with E-state index in [4.69, 9.17) is 51.6 Å². The third-order valence-electron chi connectivity index (χ3n) is 17.3. The molecule has 1 aromatic carbocycles.